The molecular formula is C10H16N4O3. The summed E-state index contributed by atoms with van der Waals surface area (Å²) in [7, 11) is 0. The maximum atomic E-state index is 10.9. The van der Waals surface area contributed by atoms with Crippen LogP contribution in [0, 0.1) is 0 Å². The van der Waals surface area contributed by atoms with Crippen molar-refractivity contribution in [2.75, 3.05) is 11.9 Å². The van der Waals surface area contributed by atoms with Gasteiger partial charge in [-0.05, 0) is 19.3 Å². The second-order valence-corrected chi connectivity index (χ2v) is 3.65. The quantitative estimate of drug-likeness (QED) is 0.488. The second kappa shape index (κ2) is 6.64. The number of rotatable bonds is 7. The van der Waals surface area contributed by atoms with Crippen LogP contribution in [0.3, 0.4) is 0 Å². The Morgan fingerprint density at radius 2 is 2.35 bits per heavy atom. The number of aromatic amines is 1. The predicted octanol–water partition coefficient (Wildman–Crippen LogP) is -0.236. The third-order valence-electron chi connectivity index (χ3n) is 2.22. The number of aliphatic carboxylic acids is 1. The fourth-order valence-corrected chi connectivity index (χ4v) is 1.28. The molecule has 1 aromatic rings. The normalized spacial score (nSPS) is 12.1. The van der Waals surface area contributed by atoms with Gasteiger partial charge in [0.2, 0.25) is 5.95 Å². The fraction of sp³-hybridized carbons (Fsp3) is 0.500. The second-order valence-electron chi connectivity index (χ2n) is 3.65. The molecule has 0 saturated carbocycles. The number of nitrogens with two attached hydrogens (primary N) is 1. The molecular weight excluding hydrogens is 224 g/mol. The van der Waals surface area contributed by atoms with Crippen LogP contribution in [0.25, 0.3) is 0 Å². The van der Waals surface area contributed by atoms with E-state index >= 15 is 0 Å². The van der Waals surface area contributed by atoms with E-state index in [1.807, 2.05) is 0 Å². The van der Waals surface area contributed by atoms with Gasteiger partial charge >= 0.3 is 5.97 Å². The van der Waals surface area contributed by atoms with Gasteiger partial charge in [-0.25, -0.2) is 4.98 Å². The van der Waals surface area contributed by atoms with Crippen LogP contribution in [0.5, 0.6) is 0 Å². The highest BCUT2D eigenvalue weighted by atomic mass is 16.4. The first kappa shape index (κ1) is 13.2. The summed E-state index contributed by atoms with van der Waals surface area (Å²) in [6.07, 6.45) is 3.33. The summed E-state index contributed by atoms with van der Waals surface area (Å²) >= 11 is 0. The van der Waals surface area contributed by atoms with Crippen LogP contribution in [0.1, 0.15) is 19.3 Å². The number of nitrogens with one attached hydrogen (secondary N) is 2. The molecule has 1 aromatic heterocycles. The zero-order valence-corrected chi connectivity index (χ0v) is 9.35. The Kier molecular flexibility index (Phi) is 5.15. The van der Waals surface area contributed by atoms with Crippen LogP contribution in [-0.2, 0) is 4.79 Å². The molecule has 0 bridgehead atoms. The van der Waals surface area contributed by atoms with Gasteiger partial charge < -0.3 is 16.2 Å². The summed E-state index contributed by atoms with van der Waals surface area (Å²) in [5.74, 6) is -0.563. The monoisotopic (exact) mass is 240 g/mol. The Bertz CT molecular complexity index is 418. The lowest BCUT2D eigenvalue weighted by molar-refractivity contribution is -0.138. The highest BCUT2D eigenvalue weighted by molar-refractivity contribution is 5.72. The van der Waals surface area contributed by atoms with Gasteiger partial charge in [0.15, 0.2) is 0 Å². The molecule has 7 heteroatoms. The van der Waals surface area contributed by atoms with Crippen molar-refractivity contribution >= 4 is 11.9 Å². The number of H-pyrrole nitrogens is 1. The van der Waals surface area contributed by atoms with Gasteiger partial charge in [0.1, 0.15) is 6.04 Å². The molecule has 7 nitrogen and oxygen atoms in total. The van der Waals surface area contributed by atoms with Crippen LogP contribution in [-0.4, -0.2) is 33.6 Å². The van der Waals surface area contributed by atoms with Crippen LogP contribution < -0.4 is 16.6 Å². The van der Waals surface area contributed by atoms with Crippen molar-refractivity contribution in [1.82, 2.24) is 9.97 Å². The van der Waals surface area contributed by atoms with Gasteiger partial charge in [0.05, 0.1) is 0 Å². The zero-order chi connectivity index (χ0) is 12.7. The van der Waals surface area contributed by atoms with Crippen LogP contribution in [0.4, 0.5) is 5.95 Å². The summed E-state index contributed by atoms with van der Waals surface area (Å²) < 4.78 is 0. The van der Waals surface area contributed by atoms with E-state index in [-0.39, 0.29) is 5.56 Å². The Labute approximate surface area is 98.1 Å². The summed E-state index contributed by atoms with van der Waals surface area (Å²) in [4.78, 5) is 27.8. The molecule has 0 aliphatic rings. The average molecular weight is 240 g/mol. The molecule has 1 rings (SSSR count). The molecule has 0 aliphatic heterocycles. The van der Waals surface area contributed by atoms with Crippen LogP contribution >= 0.6 is 0 Å². The molecule has 1 atom stereocenters. The van der Waals surface area contributed by atoms with Gasteiger partial charge in [-0.15, -0.1) is 0 Å². The van der Waals surface area contributed by atoms with Gasteiger partial charge in [0.25, 0.3) is 5.56 Å². The number of hydrogen-bond acceptors (Lipinski definition) is 5. The number of aromatic nitrogens is 2. The first-order valence-electron chi connectivity index (χ1n) is 5.37. The fourth-order valence-electron chi connectivity index (χ4n) is 1.28. The van der Waals surface area contributed by atoms with Crippen LogP contribution in [0.15, 0.2) is 17.1 Å². The van der Waals surface area contributed by atoms with Crippen molar-refractivity contribution in [3.63, 3.8) is 0 Å². The largest absolute Gasteiger partial charge is 0.480 e. The van der Waals surface area contributed by atoms with E-state index in [1.165, 1.54) is 12.3 Å². The van der Waals surface area contributed by atoms with Crippen molar-refractivity contribution in [3.05, 3.63) is 22.6 Å². The highest BCUT2D eigenvalue weighted by Crippen LogP contribution is 2.00. The number of carboxylic acid groups (broad SMARTS) is 1. The lowest BCUT2D eigenvalue weighted by Gasteiger charge is -2.06. The molecule has 5 N–H and O–H groups in total. The molecule has 0 spiro atoms. The average Bonchev–Trinajstić information content (AvgIpc) is 2.28. The topological polar surface area (TPSA) is 121 Å². The third kappa shape index (κ3) is 5.12. The molecule has 1 heterocycles. The van der Waals surface area contributed by atoms with E-state index in [1.54, 1.807) is 0 Å². The molecule has 0 saturated heterocycles. The number of hydrogen-bond donors (Lipinski definition) is 4. The maximum absolute atomic E-state index is 10.9. The third-order valence-corrected chi connectivity index (χ3v) is 2.22. The number of carbonyl (C=O) groups is 1. The summed E-state index contributed by atoms with van der Waals surface area (Å²) in [5.41, 5.74) is 5.14. The van der Waals surface area contributed by atoms with Crippen LogP contribution in [0.2, 0.25) is 0 Å². The van der Waals surface area contributed by atoms with Gasteiger partial charge in [-0.2, -0.15) is 0 Å². The first-order valence-corrected chi connectivity index (χ1v) is 5.37. The molecule has 0 amide bonds. The van der Waals surface area contributed by atoms with Crippen molar-refractivity contribution in [1.29, 1.82) is 0 Å². The van der Waals surface area contributed by atoms with Gasteiger partial charge in [-0.3, -0.25) is 14.6 Å². The summed E-state index contributed by atoms with van der Waals surface area (Å²) in [5, 5.41) is 11.5. The molecule has 0 aromatic carbocycles. The smallest absolute Gasteiger partial charge is 0.320 e. The Hall–Kier alpha value is -1.89. The lowest BCUT2D eigenvalue weighted by Crippen LogP contribution is -2.29. The number of anilines is 1. The predicted molar refractivity (Wildman–Crippen MR) is 62.8 cm³/mol. The molecule has 0 radical (unpaired) electrons. The molecule has 0 aliphatic carbocycles. The minimum atomic E-state index is -0.980. The Morgan fingerprint density at radius 1 is 1.59 bits per heavy atom. The van der Waals surface area contributed by atoms with Gasteiger partial charge in [-0.1, -0.05) is 0 Å². The highest BCUT2D eigenvalue weighted by Gasteiger charge is 2.09. The first-order chi connectivity index (χ1) is 8.09. The summed E-state index contributed by atoms with van der Waals surface area (Å²) in [6, 6.07) is 0.529. The van der Waals surface area contributed by atoms with E-state index in [0.717, 1.165) is 6.42 Å². The van der Waals surface area contributed by atoms with E-state index in [4.69, 9.17) is 10.8 Å². The molecule has 0 fully saturated rings. The molecule has 94 valence electrons. The zero-order valence-electron chi connectivity index (χ0n) is 9.35. The lowest BCUT2D eigenvalue weighted by atomic mass is 10.1. The van der Waals surface area contributed by atoms with Crippen molar-refractivity contribution in [2.24, 2.45) is 5.73 Å². The van der Waals surface area contributed by atoms with Crippen molar-refractivity contribution in [3.8, 4) is 0 Å². The maximum Gasteiger partial charge on any atom is 0.320 e. The van der Waals surface area contributed by atoms with Crippen molar-refractivity contribution < 1.29 is 9.90 Å². The number of nitrogens with zero attached hydrogens (tertiary/aromatic N) is 1. The van der Waals surface area contributed by atoms with E-state index in [0.29, 0.717) is 25.3 Å². The van der Waals surface area contributed by atoms with E-state index in [9.17, 15) is 9.59 Å². The Morgan fingerprint density at radius 3 is 3.00 bits per heavy atom. The molecule has 17 heavy (non-hydrogen) atoms. The minimum Gasteiger partial charge on any atom is -0.480 e. The van der Waals surface area contributed by atoms with Crippen molar-refractivity contribution in [2.45, 2.75) is 25.3 Å². The Balaban J connectivity index is 2.16. The number of unbranched alkanes of at least 4 members (excludes halogenated alkanes) is 1. The molecule has 1 unspecified atom stereocenters. The standard InChI is InChI=1S/C10H16N4O3/c11-7(9(16)17)3-1-2-5-12-10-13-6-4-8(15)14-10/h4,6-7H,1-3,5,11H2,(H,16,17)(H2,12,13,14,15). The summed E-state index contributed by atoms with van der Waals surface area (Å²) in [6.45, 7) is 0.610. The number of carboxylic acids is 1. The van der Waals surface area contributed by atoms with E-state index < -0.39 is 12.0 Å². The minimum absolute atomic E-state index is 0.213. The van der Waals surface area contributed by atoms with Gasteiger partial charge in [0, 0.05) is 18.8 Å². The van der Waals surface area contributed by atoms with E-state index in [2.05, 4.69) is 15.3 Å². The SMILES string of the molecule is NC(CCCCNc1nccc(=O)[nH]1)C(=O)O.